The maximum absolute atomic E-state index is 12.2. The van der Waals surface area contributed by atoms with Crippen molar-refractivity contribution in [3.8, 4) is 0 Å². The van der Waals surface area contributed by atoms with Gasteiger partial charge in [0, 0.05) is 4.90 Å². The molecular formula is C13H11ClO2S2. The molecule has 5 heteroatoms. The average molecular weight is 299 g/mol. The van der Waals surface area contributed by atoms with Gasteiger partial charge >= 0.3 is 0 Å². The van der Waals surface area contributed by atoms with Crippen molar-refractivity contribution in [2.24, 2.45) is 0 Å². The molecule has 18 heavy (non-hydrogen) atoms. The quantitative estimate of drug-likeness (QED) is 0.805. The first-order valence-corrected chi connectivity index (χ1v) is 7.75. The van der Waals surface area contributed by atoms with E-state index in [2.05, 4.69) is 0 Å². The zero-order valence-electron chi connectivity index (χ0n) is 9.63. The number of rotatable bonds is 4. The van der Waals surface area contributed by atoms with Gasteiger partial charge in [-0.05, 0) is 31.2 Å². The third-order valence-corrected chi connectivity index (χ3v) is 5.32. The summed E-state index contributed by atoms with van der Waals surface area (Å²) >= 11 is 7.01. The standard InChI is InChI=1S/C13H11ClO2S2/c1-9(13(15)11-7-8-12(14)17-11)18(16)10-5-3-2-4-6-10/h2-9H,1H3. The smallest absolute Gasteiger partial charge is 0.188 e. The van der Waals surface area contributed by atoms with Crippen LogP contribution < -0.4 is 0 Å². The Kier molecular flexibility index (Phi) is 4.32. The summed E-state index contributed by atoms with van der Waals surface area (Å²) in [5.74, 6) is -0.130. The molecular weight excluding hydrogens is 288 g/mol. The second-order valence-electron chi connectivity index (χ2n) is 3.72. The van der Waals surface area contributed by atoms with Crippen LogP contribution in [0.3, 0.4) is 0 Å². The Hall–Kier alpha value is -0.970. The Morgan fingerprint density at radius 1 is 1.22 bits per heavy atom. The lowest BCUT2D eigenvalue weighted by Gasteiger charge is -2.09. The molecule has 0 saturated carbocycles. The molecule has 2 atom stereocenters. The van der Waals surface area contributed by atoms with Gasteiger partial charge in [0.2, 0.25) is 0 Å². The number of carbonyl (C=O) groups is 1. The van der Waals surface area contributed by atoms with E-state index in [1.165, 1.54) is 11.3 Å². The highest BCUT2D eigenvalue weighted by atomic mass is 35.5. The summed E-state index contributed by atoms with van der Waals surface area (Å²) in [7, 11) is -1.34. The van der Waals surface area contributed by atoms with Gasteiger partial charge in [-0.2, -0.15) is 0 Å². The molecule has 2 rings (SSSR count). The molecule has 0 saturated heterocycles. The molecule has 94 valence electrons. The SMILES string of the molecule is CC(C(=O)c1ccc(Cl)s1)S(=O)c1ccccc1. The van der Waals surface area contributed by atoms with E-state index in [0.717, 1.165) is 0 Å². The fourth-order valence-electron chi connectivity index (χ4n) is 1.50. The average Bonchev–Trinajstić information content (AvgIpc) is 2.84. The van der Waals surface area contributed by atoms with Crippen LogP contribution in [0.25, 0.3) is 0 Å². The van der Waals surface area contributed by atoms with E-state index >= 15 is 0 Å². The van der Waals surface area contributed by atoms with E-state index in [-0.39, 0.29) is 5.78 Å². The van der Waals surface area contributed by atoms with E-state index in [1.54, 1.807) is 31.2 Å². The Bertz CT molecular complexity index is 578. The Morgan fingerprint density at radius 3 is 2.44 bits per heavy atom. The predicted molar refractivity (Wildman–Crippen MR) is 76.0 cm³/mol. The number of carbonyl (C=O) groups excluding carboxylic acids is 1. The molecule has 0 amide bonds. The van der Waals surface area contributed by atoms with Crippen LogP contribution in [0.5, 0.6) is 0 Å². The summed E-state index contributed by atoms with van der Waals surface area (Å²) in [6.07, 6.45) is 0. The van der Waals surface area contributed by atoms with Crippen LogP contribution in [0.15, 0.2) is 47.4 Å². The number of benzene rings is 1. The molecule has 2 unspecified atom stereocenters. The Morgan fingerprint density at radius 2 is 1.89 bits per heavy atom. The lowest BCUT2D eigenvalue weighted by Crippen LogP contribution is -2.21. The molecule has 0 spiro atoms. The predicted octanol–water partition coefficient (Wildman–Crippen LogP) is 3.78. The number of ketones is 1. The number of hydrogen-bond donors (Lipinski definition) is 0. The minimum atomic E-state index is -1.34. The molecule has 0 radical (unpaired) electrons. The van der Waals surface area contributed by atoms with Gasteiger partial charge in [0.05, 0.1) is 20.0 Å². The van der Waals surface area contributed by atoms with Crippen molar-refractivity contribution < 1.29 is 9.00 Å². The highest BCUT2D eigenvalue weighted by Gasteiger charge is 2.23. The zero-order chi connectivity index (χ0) is 13.1. The first-order valence-electron chi connectivity index (χ1n) is 5.35. The lowest BCUT2D eigenvalue weighted by atomic mass is 10.2. The zero-order valence-corrected chi connectivity index (χ0v) is 12.0. The van der Waals surface area contributed by atoms with Crippen LogP contribution in [-0.4, -0.2) is 15.2 Å². The van der Waals surface area contributed by atoms with Crippen molar-refractivity contribution in [2.75, 3.05) is 0 Å². The third-order valence-electron chi connectivity index (χ3n) is 2.48. The van der Waals surface area contributed by atoms with E-state index in [4.69, 9.17) is 11.6 Å². The summed E-state index contributed by atoms with van der Waals surface area (Å²) in [5, 5.41) is -0.567. The van der Waals surface area contributed by atoms with Crippen molar-refractivity contribution in [3.05, 3.63) is 51.7 Å². The van der Waals surface area contributed by atoms with Crippen molar-refractivity contribution in [1.29, 1.82) is 0 Å². The van der Waals surface area contributed by atoms with Crippen LogP contribution >= 0.6 is 22.9 Å². The third kappa shape index (κ3) is 2.88. The molecule has 1 aromatic heterocycles. The van der Waals surface area contributed by atoms with Crippen molar-refractivity contribution >= 4 is 39.5 Å². The minimum Gasteiger partial charge on any atom is -0.292 e. The van der Waals surface area contributed by atoms with Crippen LogP contribution in [0.1, 0.15) is 16.6 Å². The number of Topliss-reactive ketones (excluding diaryl/α,β-unsaturated/α-hetero) is 1. The monoisotopic (exact) mass is 298 g/mol. The van der Waals surface area contributed by atoms with Gasteiger partial charge in [-0.15, -0.1) is 11.3 Å². The van der Waals surface area contributed by atoms with Gasteiger partial charge in [-0.1, -0.05) is 29.8 Å². The lowest BCUT2D eigenvalue weighted by molar-refractivity contribution is 0.0996. The second kappa shape index (κ2) is 5.78. The van der Waals surface area contributed by atoms with Crippen LogP contribution in [0.2, 0.25) is 4.34 Å². The number of hydrogen-bond acceptors (Lipinski definition) is 3. The molecule has 2 nitrogen and oxygen atoms in total. The summed E-state index contributed by atoms with van der Waals surface area (Å²) in [5.41, 5.74) is 0. The summed E-state index contributed by atoms with van der Waals surface area (Å²) in [4.78, 5) is 13.4. The number of halogens is 1. The number of thiophene rings is 1. The molecule has 0 bridgehead atoms. The molecule has 0 aliphatic carbocycles. The fourth-order valence-corrected chi connectivity index (χ4v) is 3.80. The van der Waals surface area contributed by atoms with E-state index in [9.17, 15) is 9.00 Å². The summed E-state index contributed by atoms with van der Waals surface area (Å²) in [6, 6.07) is 12.4. The van der Waals surface area contributed by atoms with Gasteiger partial charge in [0.25, 0.3) is 0 Å². The maximum atomic E-state index is 12.2. The van der Waals surface area contributed by atoms with Crippen molar-refractivity contribution in [1.82, 2.24) is 0 Å². The first-order chi connectivity index (χ1) is 8.59. The Labute approximate surface area is 117 Å². The molecule has 1 aromatic carbocycles. The first kappa shape index (κ1) is 13.5. The van der Waals surface area contributed by atoms with Gasteiger partial charge in [0.1, 0.15) is 5.25 Å². The van der Waals surface area contributed by atoms with Crippen LogP contribution in [0, 0.1) is 0 Å². The highest BCUT2D eigenvalue weighted by molar-refractivity contribution is 7.86. The van der Waals surface area contributed by atoms with E-state index < -0.39 is 16.0 Å². The van der Waals surface area contributed by atoms with Gasteiger partial charge in [-0.3, -0.25) is 9.00 Å². The largest absolute Gasteiger partial charge is 0.292 e. The van der Waals surface area contributed by atoms with E-state index in [0.29, 0.717) is 14.1 Å². The van der Waals surface area contributed by atoms with Crippen molar-refractivity contribution in [3.63, 3.8) is 0 Å². The van der Waals surface area contributed by atoms with Gasteiger partial charge < -0.3 is 0 Å². The maximum Gasteiger partial charge on any atom is 0.188 e. The molecule has 2 aromatic rings. The van der Waals surface area contributed by atoms with Crippen LogP contribution in [0.4, 0.5) is 0 Å². The van der Waals surface area contributed by atoms with Crippen molar-refractivity contribution in [2.45, 2.75) is 17.1 Å². The van der Waals surface area contributed by atoms with Crippen LogP contribution in [-0.2, 0) is 10.8 Å². The molecule has 0 N–H and O–H groups in total. The minimum absolute atomic E-state index is 0.130. The van der Waals surface area contributed by atoms with Gasteiger partial charge in [0.15, 0.2) is 5.78 Å². The summed E-state index contributed by atoms with van der Waals surface area (Å²) < 4.78 is 12.8. The molecule has 0 fully saturated rings. The normalized spacial score (nSPS) is 14.1. The fraction of sp³-hybridized carbons (Fsp3) is 0.154. The topological polar surface area (TPSA) is 34.1 Å². The molecule has 1 heterocycles. The molecule has 0 aliphatic rings. The summed E-state index contributed by atoms with van der Waals surface area (Å²) in [6.45, 7) is 1.68. The van der Waals surface area contributed by atoms with E-state index in [1.807, 2.05) is 18.2 Å². The highest BCUT2D eigenvalue weighted by Crippen LogP contribution is 2.24. The Balaban J connectivity index is 2.19. The van der Waals surface area contributed by atoms with Gasteiger partial charge in [-0.25, -0.2) is 0 Å². The second-order valence-corrected chi connectivity index (χ2v) is 7.21. The molecule has 0 aliphatic heterocycles.